The molecule has 6 nitrogen and oxygen atoms in total. The van der Waals surface area contributed by atoms with Gasteiger partial charge < -0.3 is 4.90 Å². The second-order valence-electron chi connectivity index (χ2n) is 10.9. The Morgan fingerprint density at radius 2 is 1.54 bits per heavy atom. The Kier molecular flexibility index (Phi) is 5.28. The summed E-state index contributed by atoms with van der Waals surface area (Å²) in [4.78, 5) is 41.5. The number of para-hydroxylation sites is 1. The summed E-state index contributed by atoms with van der Waals surface area (Å²) < 4.78 is 0. The average molecular weight is 470 g/mol. The molecule has 2 saturated carbocycles. The van der Waals surface area contributed by atoms with Crippen LogP contribution in [-0.4, -0.2) is 29.3 Å². The van der Waals surface area contributed by atoms with Gasteiger partial charge in [-0.25, -0.2) is 0 Å². The molecule has 5 aliphatic rings. The van der Waals surface area contributed by atoms with Crippen LogP contribution in [0.5, 0.6) is 0 Å². The summed E-state index contributed by atoms with van der Waals surface area (Å²) in [5, 5.41) is 1.00. The maximum atomic E-state index is 13.1. The highest BCUT2D eigenvalue weighted by molar-refractivity contribution is 6.08. The Balaban J connectivity index is 1.13. The minimum atomic E-state index is -0.426. The number of hydrogen-bond acceptors (Lipinski definition) is 4. The molecule has 4 aliphatic carbocycles. The molecule has 0 radical (unpaired) electrons. The van der Waals surface area contributed by atoms with Crippen molar-refractivity contribution < 1.29 is 14.4 Å². The number of rotatable bonds is 7. The first kappa shape index (κ1) is 22.1. The van der Waals surface area contributed by atoms with Crippen molar-refractivity contribution in [1.29, 1.82) is 0 Å². The first-order valence-corrected chi connectivity index (χ1v) is 12.7. The molecule has 1 aliphatic heterocycles. The van der Waals surface area contributed by atoms with Crippen LogP contribution in [0.25, 0.3) is 0 Å². The predicted octanol–water partition coefficient (Wildman–Crippen LogP) is 4.05. The molecular formula is C29H31N3O3. The number of nitrogens with one attached hydrogen (secondary N) is 1. The van der Waals surface area contributed by atoms with Gasteiger partial charge in [0.1, 0.15) is 0 Å². The minimum absolute atomic E-state index is 0.144. The minimum Gasteiger partial charge on any atom is -0.367 e. The molecule has 1 heterocycles. The van der Waals surface area contributed by atoms with Crippen LogP contribution >= 0.6 is 0 Å². The highest BCUT2D eigenvalue weighted by atomic mass is 16.2. The van der Waals surface area contributed by atoms with E-state index >= 15 is 0 Å². The summed E-state index contributed by atoms with van der Waals surface area (Å²) in [7, 11) is 0. The fraction of sp³-hybridized carbons (Fsp3) is 0.414. The van der Waals surface area contributed by atoms with Crippen LogP contribution in [0.4, 0.5) is 5.69 Å². The Morgan fingerprint density at radius 3 is 2.11 bits per heavy atom. The van der Waals surface area contributed by atoms with Gasteiger partial charge in [-0.1, -0.05) is 56.3 Å². The number of benzene rings is 2. The second-order valence-corrected chi connectivity index (χ2v) is 10.9. The van der Waals surface area contributed by atoms with Crippen LogP contribution in [0, 0.1) is 41.4 Å². The van der Waals surface area contributed by atoms with Crippen molar-refractivity contribution in [2.75, 3.05) is 11.4 Å². The van der Waals surface area contributed by atoms with Crippen molar-refractivity contribution in [2.24, 2.45) is 41.4 Å². The largest absolute Gasteiger partial charge is 0.367 e. The summed E-state index contributed by atoms with van der Waals surface area (Å²) in [6.07, 6.45) is 5.38. The normalized spacial score (nSPS) is 29.9. The van der Waals surface area contributed by atoms with Crippen LogP contribution in [0.15, 0.2) is 66.7 Å². The van der Waals surface area contributed by atoms with E-state index in [0.29, 0.717) is 23.3 Å². The van der Waals surface area contributed by atoms with Crippen molar-refractivity contribution in [2.45, 2.75) is 26.8 Å². The van der Waals surface area contributed by atoms with E-state index in [4.69, 9.17) is 0 Å². The molecule has 6 atom stereocenters. The number of amides is 3. The van der Waals surface area contributed by atoms with E-state index in [1.165, 1.54) is 0 Å². The number of anilines is 1. The fourth-order valence-electron chi connectivity index (χ4n) is 6.56. The third-order valence-electron chi connectivity index (χ3n) is 8.17. The van der Waals surface area contributed by atoms with Crippen LogP contribution in [-0.2, 0) is 16.1 Å². The van der Waals surface area contributed by atoms with Crippen LogP contribution in [0.2, 0.25) is 0 Å². The summed E-state index contributed by atoms with van der Waals surface area (Å²) >= 11 is 0. The Hall–Kier alpha value is -3.41. The molecule has 1 saturated heterocycles. The topological polar surface area (TPSA) is 69.7 Å². The molecule has 35 heavy (non-hydrogen) atoms. The number of carbonyl (C=O) groups excluding carboxylic acids is 3. The number of nitrogens with zero attached hydrogens (tertiary/aromatic N) is 2. The standard InChI is InChI=1S/C29H31N3O3/c1-17(2)15-31(20-6-4-3-5-7-20)16-18-8-10-19(11-9-18)27(33)30-32-28(34)25-21-12-13-22(24-14-23(21)24)26(25)29(32)35/h3-13,17,21-26H,14-16H2,1-2H3,(H,30,33)/t21?,22?,23?,24?,25-,26+. The van der Waals surface area contributed by atoms with Crippen molar-refractivity contribution in [3.8, 4) is 0 Å². The Morgan fingerprint density at radius 1 is 0.943 bits per heavy atom. The predicted molar refractivity (Wildman–Crippen MR) is 133 cm³/mol. The lowest BCUT2D eigenvalue weighted by molar-refractivity contribution is -0.143. The molecule has 0 aromatic heterocycles. The molecule has 4 unspecified atom stereocenters. The van der Waals surface area contributed by atoms with Gasteiger partial charge in [0.15, 0.2) is 0 Å². The molecule has 2 aromatic rings. The third kappa shape index (κ3) is 3.76. The zero-order valence-corrected chi connectivity index (χ0v) is 20.1. The molecule has 7 rings (SSSR count). The Labute approximate surface area is 206 Å². The van der Waals surface area contributed by atoms with E-state index in [-0.39, 0.29) is 35.5 Å². The van der Waals surface area contributed by atoms with Gasteiger partial charge in [-0.3, -0.25) is 19.8 Å². The Bertz CT molecular complexity index is 1150. The summed E-state index contributed by atoms with van der Waals surface area (Å²) in [6, 6.07) is 17.7. The number of carbonyl (C=O) groups is 3. The van der Waals surface area contributed by atoms with Gasteiger partial charge in [0.25, 0.3) is 17.7 Å². The lowest BCUT2D eigenvalue weighted by atomic mass is 9.63. The zero-order chi connectivity index (χ0) is 24.3. The van der Waals surface area contributed by atoms with E-state index in [2.05, 4.69) is 48.5 Å². The van der Waals surface area contributed by atoms with E-state index < -0.39 is 5.91 Å². The van der Waals surface area contributed by atoms with Crippen molar-refractivity contribution in [3.63, 3.8) is 0 Å². The van der Waals surface area contributed by atoms with Gasteiger partial charge in [0, 0.05) is 24.3 Å². The number of hydrogen-bond donors (Lipinski definition) is 1. The van der Waals surface area contributed by atoms with Crippen molar-refractivity contribution >= 4 is 23.4 Å². The lowest BCUT2D eigenvalue weighted by Crippen LogP contribution is -2.46. The van der Waals surface area contributed by atoms with Gasteiger partial charge >= 0.3 is 0 Å². The van der Waals surface area contributed by atoms with E-state index in [1.807, 2.05) is 30.3 Å². The maximum absolute atomic E-state index is 13.1. The maximum Gasteiger partial charge on any atom is 0.270 e. The average Bonchev–Trinajstić information content (AvgIpc) is 3.65. The molecular weight excluding hydrogens is 438 g/mol. The molecule has 3 fully saturated rings. The molecule has 180 valence electrons. The number of imide groups is 1. The summed E-state index contributed by atoms with van der Waals surface area (Å²) in [6.45, 7) is 6.05. The van der Waals surface area contributed by atoms with E-state index in [0.717, 1.165) is 35.8 Å². The molecule has 2 aromatic carbocycles. The van der Waals surface area contributed by atoms with Crippen LogP contribution in [0.3, 0.4) is 0 Å². The SMILES string of the molecule is CC(C)CN(Cc1ccc(C(=O)NN2C(=O)[C@@H]3C4C=CC(C5CC54)[C@@H]3C2=O)cc1)c1ccccc1. The van der Waals surface area contributed by atoms with Gasteiger partial charge in [0.2, 0.25) is 0 Å². The van der Waals surface area contributed by atoms with Crippen molar-refractivity contribution in [3.05, 3.63) is 77.9 Å². The fourth-order valence-corrected chi connectivity index (χ4v) is 6.56. The quantitative estimate of drug-likeness (QED) is 0.491. The first-order chi connectivity index (χ1) is 16.9. The smallest absolute Gasteiger partial charge is 0.270 e. The molecule has 1 N–H and O–H groups in total. The number of hydrazine groups is 1. The van der Waals surface area contributed by atoms with Gasteiger partial charge in [-0.05, 0) is 65.8 Å². The van der Waals surface area contributed by atoms with Gasteiger partial charge in [0.05, 0.1) is 11.8 Å². The molecule has 0 spiro atoms. The van der Waals surface area contributed by atoms with E-state index in [9.17, 15) is 14.4 Å². The summed E-state index contributed by atoms with van der Waals surface area (Å²) in [5.41, 5.74) is 5.31. The monoisotopic (exact) mass is 469 g/mol. The highest BCUT2D eigenvalue weighted by Gasteiger charge is 2.67. The third-order valence-corrected chi connectivity index (χ3v) is 8.17. The number of allylic oxidation sites excluding steroid dienone is 2. The second kappa shape index (κ2) is 8.36. The zero-order valence-electron chi connectivity index (χ0n) is 20.1. The lowest BCUT2D eigenvalue weighted by Gasteiger charge is -2.37. The highest BCUT2D eigenvalue weighted by Crippen LogP contribution is 2.65. The van der Waals surface area contributed by atoms with Gasteiger partial charge in [-0.2, -0.15) is 5.01 Å². The van der Waals surface area contributed by atoms with Crippen molar-refractivity contribution in [1.82, 2.24) is 10.4 Å². The molecule has 2 bridgehead atoms. The molecule has 3 amide bonds. The molecule has 6 heteroatoms. The van der Waals surface area contributed by atoms with Gasteiger partial charge in [-0.15, -0.1) is 0 Å². The first-order valence-electron chi connectivity index (χ1n) is 12.7. The van der Waals surface area contributed by atoms with Crippen LogP contribution in [0.1, 0.15) is 36.2 Å². The van der Waals surface area contributed by atoms with Crippen LogP contribution < -0.4 is 10.3 Å². The van der Waals surface area contributed by atoms with E-state index in [1.54, 1.807) is 12.1 Å². The summed E-state index contributed by atoms with van der Waals surface area (Å²) in [5.74, 6) is 0.332.